The Labute approximate surface area is 127 Å². The van der Waals surface area contributed by atoms with Crippen LogP contribution >= 0.6 is 11.3 Å². The number of hydrogen-bond acceptors (Lipinski definition) is 5. The Kier molecular flexibility index (Phi) is 4.50. The van der Waals surface area contributed by atoms with Crippen molar-refractivity contribution in [1.82, 2.24) is 9.62 Å². The minimum atomic E-state index is -3.67. The highest BCUT2D eigenvalue weighted by molar-refractivity contribution is 7.88. The van der Waals surface area contributed by atoms with Crippen molar-refractivity contribution < 1.29 is 17.6 Å². The van der Waals surface area contributed by atoms with Crippen LogP contribution in [0.3, 0.4) is 0 Å². The minimum absolute atomic E-state index is 0.0289. The third-order valence-electron chi connectivity index (χ3n) is 2.86. The third kappa shape index (κ3) is 3.34. The van der Waals surface area contributed by atoms with E-state index in [1.807, 2.05) is 24.4 Å². The molecule has 1 N–H and O–H groups in total. The molecule has 0 bridgehead atoms. The number of rotatable bonds is 5. The molecule has 0 saturated heterocycles. The summed E-state index contributed by atoms with van der Waals surface area (Å²) in [6.45, 7) is 1.85. The predicted molar refractivity (Wildman–Crippen MR) is 79.8 cm³/mol. The first kappa shape index (κ1) is 15.7. The van der Waals surface area contributed by atoms with Crippen LogP contribution in [0.15, 0.2) is 39.2 Å². The zero-order chi connectivity index (χ0) is 15.6. The molecular formula is C13H16N2O4S2. The second kappa shape index (κ2) is 6.00. The summed E-state index contributed by atoms with van der Waals surface area (Å²) in [7, 11) is -0.874. The van der Waals surface area contributed by atoms with Crippen LogP contribution in [0.4, 0.5) is 0 Å². The van der Waals surface area contributed by atoms with Gasteiger partial charge in [-0.2, -0.15) is 0 Å². The van der Waals surface area contributed by atoms with E-state index in [0.717, 1.165) is 9.18 Å². The topological polar surface area (TPSA) is 79.6 Å². The van der Waals surface area contributed by atoms with Crippen molar-refractivity contribution in [2.45, 2.75) is 18.1 Å². The van der Waals surface area contributed by atoms with Gasteiger partial charge < -0.3 is 9.73 Å². The largest absolute Gasteiger partial charge is 0.438 e. The van der Waals surface area contributed by atoms with E-state index in [1.165, 1.54) is 37.6 Å². The van der Waals surface area contributed by atoms with Gasteiger partial charge >= 0.3 is 0 Å². The van der Waals surface area contributed by atoms with Gasteiger partial charge in [-0.15, -0.1) is 11.3 Å². The van der Waals surface area contributed by atoms with Crippen molar-refractivity contribution in [2.75, 3.05) is 14.1 Å². The molecule has 114 valence electrons. The van der Waals surface area contributed by atoms with Gasteiger partial charge in [0.15, 0.2) is 5.76 Å². The van der Waals surface area contributed by atoms with Gasteiger partial charge in [0, 0.05) is 19.0 Å². The number of amides is 1. The number of furan rings is 1. The number of thiophene rings is 1. The van der Waals surface area contributed by atoms with Crippen molar-refractivity contribution in [1.29, 1.82) is 0 Å². The Morgan fingerprint density at radius 2 is 2.05 bits per heavy atom. The van der Waals surface area contributed by atoms with Crippen molar-refractivity contribution >= 4 is 27.3 Å². The van der Waals surface area contributed by atoms with Gasteiger partial charge in [-0.3, -0.25) is 4.79 Å². The SMILES string of the molecule is C[C@@H](NC(=O)c1ccc(S(=O)(=O)N(C)C)o1)c1cccs1. The van der Waals surface area contributed by atoms with E-state index in [-0.39, 0.29) is 16.9 Å². The van der Waals surface area contributed by atoms with E-state index >= 15 is 0 Å². The monoisotopic (exact) mass is 328 g/mol. The Morgan fingerprint density at radius 3 is 2.62 bits per heavy atom. The van der Waals surface area contributed by atoms with Crippen LogP contribution in [0.1, 0.15) is 28.4 Å². The van der Waals surface area contributed by atoms with E-state index in [1.54, 1.807) is 0 Å². The lowest BCUT2D eigenvalue weighted by Gasteiger charge is -2.11. The maximum atomic E-state index is 12.1. The summed E-state index contributed by atoms with van der Waals surface area (Å²) in [6.07, 6.45) is 0. The summed E-state index contributed by atoms with van der Waals surface area (Å²) in [5.74, 6) is -0.477. The Hall–Kier alpha value is -1.64. The van der Waals surface area contributed by atoms with Crippen LogP contribution in [-0.4, -0.2) is 32.7 Å². The molecule has 0 spiro atoms. The van der Waals surface area contributed by atoms with Crippen molar-refractivity contribution in [3.8, 4) is 0 Å². The number of sulfonamides is 1. The molecule has 2 aromatic heterocycles. The van der Waals surface area contributed by atoms with Crippen LogP contribution in [-0.2, 0) is 10.0 Å². The molecular weight excluding hydrogens is 312 g/mol. The summed E-state index contributed by atoms with van der Waals surface area (Å²) in [5, 5.41) is 4.44. The molecule has 1 atom stereocenters. The van der Waals surface area contributed by atoms with Gasteiger partial charge in [0.05, 0.1) is 6.04 Å². The van der Waals surface area contributed by atoms with E-state index in [4.69, 9.17) is 4.42 Å². The minimum Gasteiger partial charge on any atom is -0.438 e. The second-order valence-electron chi connectivity index (χ2n) is 4.62. The highest BCUT2D eigenvalue weighted by atomic mass is 32.2. The lowest BCUT2D eigenvalue weighted by Crippen LogP contribution is -2.26. The zero-order valence-electron chi connectivity index (χ0n) is 11.9. The molecule has 1 amide bonds. The molecule has 0 radical (unpaired) electrons. The Bertz CT molecular complexity index is 717. The number of hydrogen-bond donors (Lipinski definition) is 1. The number of carbonyl (C=O) groups excluding carboxylic acids is 1. The first-order chi connectivity index (χ1) is 9.82. The van der Waals surface area contributed by atoms with E-state index in [2.05, 4.69) is 5.32 Å². The van der Waals surface area contributed by atoms with Crippen LogP contribution in [0.5, 0.6) is 0 Å². The average Bonchev–Trinajstić information content (AvgIpc) is 3.10. The van der Waals surface area contributed by atoms with Gasteiger partial charge in [0.25, 0.3) is 15.9 Å². The maximum Gasteiger partial charge on any atom is 0.287 e. The van der Waals surface area contributed by atoms with Crippen molar-refractivity contribution in [3.63, 3.8) is 0 Å². The van der Waals surface area contributed by atoms with Crippen molar-refractivity contribution in [2.24, 2.45) is 0 Å². The summed E-state index contributed by atoms with van der Waals surface area (Å²) < 4.78 is 29.9. The predicted octanol–water partition coefficient (Wildman–Crippen LogP) is 2.08. The Morgan fingerprint density at radius 1 is 1.33 bits per heavy atom. The third-order valence-corrected chi connectivity index (χ3v) is 5.60. The molecule has 0 fully saturated rings. The molecule has 8 heteroatoms. The quantitative estimate of drug-likeness (QED) is 0.911. The highest BCUT2D eigenvalue weighted by Crippen LogP contribution is 2.20. The number of nitrogens with zero attached hydrogens (tertiary/aromatic N) is 1. The van der Waals surface area contributed by atoms with Gasteiger partial charge in [-0.05, 0) is 30.5 Å². The number of carbonyl (C=O) groups is 1. The molecule has 0 aliphatic carbocycles. The number of nitrogens with one attached hydrogen (secondary N) is 1. The summed E-state index contributed by atoms with van der Waals surface area (Å²) in [6, 6.07) is 6.28. The fraction of sp³-hybridized carbons (Fsp3) is 0.308. The fourth-order valence-corrected chi connectivity index (χ4v) is 3.17. The molecule has 0 aliphatic rings. The first-order valence-corrected chi connectivity index (χ1v) is 8.51. The van der Waals surface area contributed by atoms with Crippen LogP contribution in [0.2, 0.25) is 0 Å². The van der Waals surface area contributed by atoms with Gasteiger partial charge in [0.2, 0.25) is 5.09 Å². The maximum absolute atomic E-state index is 12.1. The standard InChI is InChI=1S/C13H16N2O4S2/c1-9(11-5-4-8-20-11)14-13(16)10-6-7-12(19-10)21(17,18)15(2)3/h4-9H,1-3H3,(H,14,16)/t9-/m1/s1. The summed E-state index contributed by atoms with van der Waals surface area (Å²) in [5.41, 5.74) is 0. The lowest BCUT2D eigenvalue weighted by molar-refractivity contribution is 0.0907. The summed E-state index contributed by atoms with van der Waals surface area (Å²) >= 11 is 1.53. The molecule has 0 aliphatic heterocycles. The van der Waals surface area contributed by atoms with Gasteiger partial charge in [0.1, 0.15) is 0 Å². The van der Waals surface area contributed by atoms with E-state index < -0.39 is 15.9 Å². The fourth-order valence-electron chi connectivity index (χ4n) is 1.64. The molecule has 0 unspecified atom stereocenters. The zero-order valence-corrected chi connectivity index (χ0v) is 13.5. The Balaban J connectivity index is 2.13. The normalized spacial score (nSPS) is 13.3. The lowest BCUT2D eigenvalue weighted by atomic mass is 10.2. The molecule has 2 aromatic rings. The van der Waals surface area contributed by atoms with Crippen LogP contribution < -0.4 is 5.32 Å². The van der Waals surface area contributed by atoms with E-state index in [0.29, 0.717) is 0 Å². The van der Waals surface area contributed by atoms with Crippen LogP contribution in [0.25, 0.3) is 0 Å². The van der Waals surface area contributed by atoms with Gasteiger partial charge in [-0.1, -0.05) is 6.07 Å². The molecule has 2 heterocycles. The second-order valence-corrected chi connectivity index (χ2v) is 7.68. The average molecular weight is 328 g/mol. The van der Waals surface area contributed by atoms with Crippen LogP contribution in [0, 0.1) is 0 Å². The smallest absolute Gasteiger partial charge is 0.287 e. The summed E-state index contributed by atoms with van der Waals surface area (Å²) in [4.78, 5) is 13.1. The first-order valence-electron chi connectivity index (χ1n) is 6.19. The molecule has 0 aromatic carbocycles. The molecule has 21 heavy (non-hydrogen) atoms. The van der Waals surface area contributed by atoms with Crippen molar-refractivity contribution in [3.05, 3.63) is 40.3 Å². The molecule has 0 saturated carbocycles. The molecule has 2 rings (SSSR count). The van der Waals surface area contributed by atoms with E-state index in [9.17, 15) is 13.2 Å². The molecule has 6 nitrogen and oxygen atoms in total. The highest BCUT2D eigenvalue weighted by Gasteiger charge is 2.24. The van der Waals surface area contributed by atoms with Gasteiger partial charge in [-0.25, -0.2) is 12.7 Å².